The van der Waals surface area contributed by atoms with Gasteiger partial charge in [-0.1, -0.05) is 19.0 Å². The minimum Gasteiger partial charge on any atom is -0.353 e. The first-order chi connectivity index (χ1) is 8.06. The predicted octanol–water partition coefficient (Wildman–Crippen LogP) is 0.344. The molecule has 1 aliphatic heterocycles. The highest BCUT2D eigenvalue weighted by Crippen LogP contribution is 2.57. The molecule has 0 aromatic carbocycles. The van der Waals surface area contributed by atoms with E-state index in [2.05, 4.69) is 34.6 Å². The minimum atomic E-state index is -0.0594. The fourth-order valence-electron chi connectivity index (χ4n) is 2.18. The topological polar surface area (TPSA) is 80.0 Å². The highest BCUT2D eigenvalue weighted by molar-refractivity contribution is 5.78. The average Bonchev–Trinajstić information content (AvgIpc) is 2.76. The summed E-state index contributed by atoms with van der Waals surface area (Å²) in [6.07, 6.45) is 1.11. The summed E-state index contributed by atoms with van der Waals surface area (Å²) in [5, 5.41) is 9.87. The summed E-state index contributed by atoms with van der Waals surface area (Å²) >= 11 is 0. The maximum absolute atomic E-state index is 11.0. The van der Waals surface area contributed by atoms with Gasteiger partial charge in [-0.25, -0.2) is 0 Å². The largest absolute Gasteiger partial charge is 0.353 e. The van der Waals surface area contributed by atoms with Crippen molar-refractivity contribution in [3.63, 3.8) is 0 Å². The van der Waals surface area contributed by atoms with Crippen molar-refractivity contribution in [2.75, 3.05) is 13.1 Å². The van der Waals surface area contributed by atoms with Crippen molar-refractivity contribution in [3.05, 3.63) is 11.7 Å². The van der Waals surface area contributed by atoms with E-state index in [0.29, 0.717) is 30.3 Å². The van der Waals surface area contributed by atoms with E-state index in [-0.39, 0.29) is 11.9 Å². The zero-order valence-electron chi connectivity index (χ0n) is 9.99. The van der Waals surface area contributed by atoms with E-state index in [0.717, 1.165) is 12.2 Å². The van der Waals surface area contributed by atoms with Gasteiger partial charge in [0.25, 0.3) is 0 Å². The SMILES string of the molecule is CC1(C)CC1c1noc(C2CNC(=O)CN2)n1. The van der Waals surface area contributed by atoms with Crippen molar-refractivity contribution < 1.29 is 9.32 Å². The van der Waals surface area contributed by atoms with Crippen LogP contribution in [-0.2, 0) is 4.79 Å². The number of rotatable bonds is 2. The summed E-state index contributed by atoms with van der Waals surface area (Å²) in [7, 11) is 0. The maximum atomic E-state index is 11.0. The second-order valence-corrected chi connectivity index (χ2v) is 5.47. The van der Waals surface area contributed by atoms with Crippen molar-refractivity contribution in [1.82, 2.24) is 20.8 Å². The van der Waals surface area contributed by atoms with Crippen LogP contribution in [0.3, 0.4) is 0 Å². The molecule has 6 heteroatoms. The Bertz CT molecular complexity index is 444. The fraction of sp³-hybridized carbons (Fsp3) is 0.727. The highest BCUT2D eigenvalue weighted by atomic mass is 16.5. The number of amides is 1. The third kappa shape index (κ3) is 1.93. The van der Waals surface area contributed by atoms with Crippen LogP contribution in [0.25, 0.3) is 0 Å². The van der Waals surface area contributed by atoms with Gasteiger partial charge in [-0.2, -0.15) is 4.98 Å². The van der Waals surface area contributed by atoms with Gasteiger partial charge < -0.3 is 9.84 Å². The summed E-state index contributed by atoms with van der Waals surface area (Å²) in [4.78, 5) is 15.4. The molecule has 1 saturated carbocycles. The van der Waals surface area contributed by atoms with Gasteiger partial charge in [0.05, 0.1) is 6.54 Å². The van der Waals surface area contributed by atoms with Crippen molar-refractivity contribution in [2.45, 2.75) is 32.2 Å². The standard InChI is InChI=1S/C11H16N4O2/c1-11(2)3-6(11)9-14-10(17-15-9)7-4-13-8(16)5-12-7/h6-7,12H,3-5H2,1-2H3,(H,13,16). The Hall–Kier alpha value is -1.43. The lowest BCUT2D eigenvalue weighted by molar-refractivity contribution is -0.121. The first kappa shape index (κ1) is 10.7. The molecule has 2 atom stereocenters. The molecule has 2 aliphatic rings. The average molecular weight is 236 g/mol. The van der Waals surface area contributed by atoms with Crippen LogP contribution < -0.4 is 10.6 Å². The molecule has 1 saturated heterocycles. The Morgan fingerprint density at radius 1 is 1.47 bits per heavy atom. The van der Waals surface area contributed by atoms with E-state index in [1.54, 1.807) is 0 Å². The molecule has 17 heavy (non-hydrogen) atoms. The molecule has 2 fully saturated rings. The second-order valence-electron chi connectivity index (χ2n) is 5.47. The van der Waals surface area contributed by atoms with Gasteiger partial charge in [0.1, 0.15) is 6.04 Å². The number of nitrogens with zero attached hydrogens (tertiary/aromatic N) is 2. The zero-order valence-corrected chi connectivity index (χ0v) is 9.99. The predicted molar refractivity (Wildman–Crippen MR) is 59.2 cm³/mol. The van der Waals surface area contributed by atoms with Gasteiger partial charge in [-0.3, -0.25) is 10.1 Å². The zero-order chi connectivity index (χ0) is 12.0. The van der Waals surface area contributed by atoms with E-state index in [1.165, 1.54) is 0 Å². The molecule has 2 unspecified atom stereocenters. The Morgan fingerprint density at radius 3 is 2.82 bits per heavy atom. The van der Waals surface area contributed by atoms with Crippen LogP contribution in [0.1, 0.15) is 43.9 Å². The van der Waals surface area contributed by atoms with Crippen molar-refractivity contribution in [2.24, 2.45) is 5.41 Å². The number of carbonyl (C=O) groups is 1. The number of carbonyl (C=O) groups excluding carboxylic acids is 1. The lowest BCUT2D eigenvalue weighted by Gasteiger charge is -2.20. The monoisotopic (exact) mass is 236 g/mol. The van der Waals surface area contributed by atoms with E-state index >= 15 is 0 Å². The van der Waals surface area contributed by atoms with Gasteiger partial charge in [-0.05, 0) is 11.8 Å². The first-order valence-electron chi connectivity index (χ1n) is 5.90. The van der Waals surface area contributed by atoms with Gasteiger partial charge in [0.15, 0.2) is 5.82 Å². The van der Waals surface area contributed by atoms with E-state index in [1.807, 2.05) is 0 Å². The maximum Gasteiger partial charge on any atom is 0.245 e. The second kappa shape index (κ2) is 3.53. The van der Waals surface area contributed by atoms with Crippen LogP contribution in [0.5, 0.6) is 0 Å². The molecule has 0 spiro atoms. The fourth-order valence-corrected chi connectivity index (χ4v) is 2.18. The van der Waals surface area contributed by atoms with Gasteiger partial charge in [0.2, 0.25) is 11.8 Å². The molecule has 0 bridgehead atoms. The Morgan fingerprint density at radius 2 is 2.24 bits per heavy atom. The number of hydrogen-bond donors (Lipinski definition) is 2. The highest BCUT2D eigenvalue weighted by Gasteiger charge is 2.49. The normalized spacial score (nSPS) is 31.1. The first-order valence-corrected chi connectivity index (χ1v) is 5.90. The molecule has 6 nitrogen and oxygen atoms in total. The molecular formula is C11H16N4O2. The summed E-state index contributed by atoms with van der Waals surface area (Å²) in [6.45, 7) is 5.21. The number of hydrogen-bond acceptors (Lipinski definition) is 5. The lowest BCUT2D eigenvalue weighted by atomic mass is 10.1. The lowest BCUT2D eigenvalue weighted by Crippen LogP contribution is -2.47. The van der Waals surface area contributed by atoms with Gasteiger partial charge in [-0.15, -0.1) is 0 Å². The molecule has 3 rings (SSSR count). The minimum absolute atomic E-state index is 0.00400. The molecule has 1 aliphatic carbocycles. The molecule has 1 aromatic rings. The van der Waals surface area contributed by atoms with Crippen LogP contribution in [0.2, 0.25) is 0 Å². The summed E-state index contributed by atoms with van der Waals surface area (Å²) in [5.74, 6) is 1.79. The van der Waals surface area contributed by atoms with Gasteiger partial charge >= 0.3 is 0 Å². The van der Waals surface area contributed by atoms with E-state index in [4.69, 9.17) is 4.52 Å². The van der Waals surface area contributed by atoms with Crippen LogP contribution in [0.15, 0.2) is 4.52 Å². The summed E-state index contributed by atoms with van der Waals surface area (Å²) < 4.78 is 5.26. The quantitative estimate of drug-likeness (QED) is 0.774. The van der Waals surface area contributed by atoms with E-state index in [9.17, 15) is 4.79 Å². The summed E-state index contributed by atoms with van der Waals surface area (Å²) in [6, 6.07) is -0.0594. The Balaban J connectivity index is 1.71. The van der Waals surface area contributed by atoms with Crippen LogP contribution in [0, 0.1) is 5.41 Å². The number of piperazine rings is 1. The van der Waals surface area contributed by atoms with Crippen molar-refractivity contribution in [3.8, 4) is 0 Å². The molecule has 2 heterocycles. The van der Waals surface area contributed by atoms with Gasteiger partial charge in [0, 0.05) is 12.5 Å². The molecule has 1 aromatic heterocycles. The third-order valence-electron chi connectivity index (χ3n) is 3.59. The van der Waals surface area contributed by atoms with E-state index < -0.39 is 0 Å². The molecule has 0 radical (unpaired) electrons. The smallest absolute Gasteiger partial charge is 0.245 e. The molecule has 92 valence electrons. The third-order valence-corrected chi connectivity index (χ3v) is 3.59. The Labute approximate surface area is 99.2 Å². The van der Waals surface area contributed by atoms with Crippen LogP contribution >= 0.6 is 0 Å². The van der Waals surface area contributed by atoms with Crippen molar-refractivity contribution in [1.29, 1.82) is 0 Å². The Kier molecular flexibility index (Phi) is 2.22. The van der Waals surface area contributed by atoms with Crippen LogP contribution in [0.4, 0.5) is 0 Å². The molecule has 2 N–H and O–H groups in total. The van der Waals surface area contributed by atoms with Crippen LogP contribution in [-0.4, -0.2) is 29.1 Å². The number of aromatic nitrogens is 2. The number of nitrogens with one attached hydrogen (secondary N) is 2. The molecular weight excluding hydrogens is 220 g/mol. The molecule has 1 amide bonds. The summed E-state index contributed by atoms with van der Waals surface area (Å²) in [5.41, 5.74) is 0.301. The van der Waals surface area contributed by atoms with Crippen molar-refractivity contribution >= 4 is 5.91 Å².